The fourth-order valence-electron chi connectivity index (χ4n) is 3.29. The Morgan fingerprint density at radius 3 is 2.43 bits per heavy atom. The number of nitrogens with one attached hydrogen (secondary N) is 1. The van der Waals surface area contributed by atoms with Gasteiger partial charge < -0.3 is 29.2 Å². The zero-order valence-corrected chi connectivity index (χ0v) is 20.7. The van der Waals surface area contributed by atoms with Crippen LogP contribution in [0.2, 0.25) is 0 Å². The lowest BCUT2D eigenvalue weighted by Gasteiger charge is -2.17. The summed E-state index contributed by atoms with van der Waals surface area (Å²) in [5.41, 5.74) is 0.727. The summed E-state index contributed by atoms with van der Waals surface area (Å²) in [5, 5.41) is 6.93. The highest BCUT2D eigenvalue weighted by molar-refractivity contribution is 6.04. The Bertz CT molecular complexity index is 1190. The van der Waals surface area contributed by atoms with Gasteiger partial charge in [-0.3, -0.25) is 14.3 Å². The highest BCUT2D eigenvalue weighted by Gasteiger charge is 2.17. The quantitative estimate of drug-likeness (QED) is 0.471. The van der Waals surface area contributed by atoms with Crippen LogP contribution in [0.1, 0.15) is 27.6 Å². The second kappa shape index (κ2) is 11.4. The number of methoxy groups -OCH3 is 2. The molecule has 0 aliphatic carbocycles. The van der Waals surface area contributed by atoms with Crippen molar-refractivity contribution in [1.29, 1.82) is 0 Å². The Hall–Kier alpha value is -4.05. The lowest BCUT2D eigenvalue weighted by Crippen LogP contribution is -2.22. The molecule has 10 heteroatoms. The number of aryl methyl sites for hydroxylation is 1. The monoisotopic (exact) mass is 482 g/mol. The van der Waals surface area contributed by atoms with Crippen molar-refractivity contribution in [3.8, 4) is 23.0 Å². The number of nitrogens with zero attached hydrogens (tertiary/aromatic N) is 3. The Morgan fingerprint density at radius 1 is 1.06 bits per heavy atom. The number of ether oxygens (including phenoxy) is 4. The molecular formula is C25H30N4O6. The van der Waals surface area contributed by atoms with E-state index in [1.807, 2.05) is 6.92 Å². The molecule has 1 N–H and O–H groups in total. The van der Waals surface area contributed by atoms with E-state index < -0.39 is 0 Å². The molecule has 3 rings (SSSR count). The van der Waals surface area contributed by atoms with Gasteiger partial charge in [0.2, 0.25) is 0 Å². The molecular weight excluding hydrogens is 452 g/mol. The number of benzene rings is 2. The molecule has 0 aliphatic rings. The van der Waals surface area contributed by atoms with Gasteiger partial charge in [0.25, 0.3) is 11.8 Å². The van der Waals surface area contributed by atoms with Crippen molar-refractivity contribution < 1.29 is 28.5 Å². The lowest BCUT2D eigenvalue weighted by atomic mass is 10.1. The summed E-state index contributed by atoms with van der Waals surface area (Å²) in [6, 6.07) is 11.5. The standard InChI is InChI=1S/C25H30N4O6/c1-16(15-32-5)34-19-11-17(24(30)26-23-9-10-29(4)27-23)12-20(13-19)35-18-7-8-21(22(14-18)33-6)25(31)28(2)3/h7-14,16H,15H2,1-6H3,(H,26,27,30)/t16-/m0/s1. The molecule has 1 aromatic heterocycles. The number of rotatable bonds is 10. The molecule has 0 aliphatic heterocycles. The van der Waals surface area contributed by atoms with Crippen LogP contribution in [0.5, 0.6) is 23.0 Å². The van der Waals surface area contributed by atoms with Crippen molar-refractivity contribution >= 4 is 17.6 Å². The Morgan fingerprint density at radius 2 is 1.80 bits per heavy atom. The minimum absolute atomic E-state index is 0.190. The molecule has 2 amide bonds. The highest BCUT2D eigenvalue weighted by Crippen LogP contribution is 2.32. The van der Waals surface area contributed by atoms with Crippen molar-refractivity contribution in [1.82, 2.24) is 14.7 Å². The zero-order valence-electron chi connectivity index (χ0n) is 20.7. The molecule has 35 heavy (non-hydrogen) atoms. The van der Waals surface area contributed by atoms with Gasteiger partial charge in [-0.15, -0.1) is 0 Å². The molecule has 1 atom stereocenters. The number of hydrogen-bond acceptors (Lipinski definition) is 7. The average Bonchev–Trinajstić information content (AvgIpc) is 3.22. The fraction of sp³-hybridized carbons (Fsp3) is 0.320. The van der Waals surface area contributed by atoms with E-state index in [2.05, 4.69) is 10.4 Å². The molecule has 0 bridgehead atoms. The fourth-order valence-corrected chi connectivity index (χ4v) is 3.29. The number of carbonyl (C=O) groups excluding carboxylic acids is 2. The summed E-state index contributed by atoms with van der Waals surface area (Å²) in [5.74, 6) is 1.46. The molecule has 0 fully saturated rings. The van der Waals surface area contributed by atoms with Gasteiger partial charge in [-0.05, 0) is 31.2 Å². The van der Waals surface area contributed by atoms with Gasteiger partial charge in [0.15, 0.2) is 5.82 Å². The summed E-state index contributed by atoms with van der Waals surface area (Å²) >= 11 is 0. The van der Waals surface area contributed by atoms with Crippen LogP contribution in [-0.4, -0.2) is 67.5 Å². The van der Waals surface area contributed by atoms with Crippen LogP contribution in [-0.2, 0) is 11.8 Å². The summed E-state index contributed by atoms with van der Waals surface area (Å²) < 4.78 is 24.1. The minimum Gasteiger partial charge on any atom is -0.496 e. The van der Waals surface area contributed by atoms with Gasteiger partial charge in [0.05, 0.1) is 19.3 Å². The first kappa shape index (κ1) is 25.6. The van der Waals surface area contributed by atoms with E-state index in [9.17, 15) is 9.59 Å². The predicted octanol–water partition coefficient (Wildman–Crippen LogP) is 3.59. The van der Waals surface area contributed by atoms with Crippen LogP contribution in [0.15, 0.2) is 48.7 Å². The molecule has 10 nitrogen and oxygen atoms in total. The van der Waals surface area contributed by atoms with E-state index in [0.29, 0.717) is 46.5 Å². The Labute approximate surface area is 204 Å². The van der Waals surface area contributed by atoms with E-state index in [1.54, 1.807) is 81.6 Å². The zero-order chi connectivity index (χ0) is 25.5. The van der Waals surface area contributed by atoms with Crippen LogP contribution in [0.4, 0.5) is 5.82 Å². The number of aromatic nitrogens is 2. The number of hydrogen-bond donors (Lipinski definition) is 1. The average molecular weight is 483 g/mol. The second-order valence-corrected chi connectivity index (χ2v) is 8.07. The first-order chi connectivity index (χ1) is 16.7. The third-order valence-corrected chi connectivity index (χ3v) is 4.88. The topological polar surface area (TPSA) is 104 Å². The van der Waals surface area contributed by atoms with Gasteiger partial charge in [0.1, 0.15) is 29.1 Å². The maximum atomic E-state index is 12.9. The van der Waals surface area contributed by atoms with Gasteiger partial charge in [0, 0.05) is 58.2 Å². The molecule has 1 heterocycles. The van der Waals surface area contributed by atoms with Gasteiger partial charge >= 0.3 is 0 Å². The van der Waals surface area contributed by atoms with E-state index in [-0.39, 0.29) is 17.9 Å². The maximum absolute atomic E-state index is 12.9. The smallest absolute Gasteiger partial charge is 0.257 e. The molecule has 0 saturated heterocycles. The molecule has 3 aromatic rings. The van der Waals surface area contributed by atoms with Crippen molar-refractivity contribution in [2.75, 3.05) is 40.2 Å². The third-order valence-electron chi connectivity index (χ3n) is 4.88. The first-order valence-electron chi connectivity index (χ1n) is 10.9. The summed E-state index contributed by atoms with van der Waals surface area (Å²) in [6.07, 6.45) is 1.48. The Kier molecular flexibility index (Phi) is 8.32. The molecule has 2 aromatic carbocycles. The van der Waals surface area contributed by atoms with Crippen molar-refractivity contribution in [3.05, 3.63) is 59.8 Å². The highest BCUT2D eigenvalue weighted by atomic mass is 16.5. The van der Waals surface area contributed by atoms with E-state index in [4.69, 9.17) is 18.9 Å². The molecule has 186 valence electrons. The molecule has 0 unspecified atom stereocenters. The van der Waals surface area contributed by atoms with Crippen LogP contribution >= 0.6 is 0 Å². The lowest BCUT2D eigenvalue weighted by molar-refractivity contribution is 0.0824. The SMILES string of the molecule is COC[C@H](C)Oc1cc(Oc2ccc(C(=O)N(C)C)c(OC)c2)cc(C(=O)Nc2ccn(C)n2)c1. The second-order valence-electron chi connectivity index (χ2n) is 8.07. The van der Waals surface area contributed by atoms with Gasteiger partial charge in [-0.1, -0.05) is 0 Å². The van der Waals surface area contributed by atoms with Gasteiger partial charge in [-0.25, -0.2) is 0 Å². The number of anilines is 1. The van der Waals surface area contributed by atoms with E-state index >= 15 is 0 Å². The maximum Gasteiger partial charge on any atom is 0.257 e. The Balaban J connectivity index is 1.91. The van der Waals surface area contributed by atoms with Crippen LogP contribution in [0, 0.1) is 0 Å². The molecule has 0 radical (unpaired) electrons. The molecule has 0 saturated carbocycles. The van der Waals surface area contributed by atoms with Crippen LogP contribution in [0.3, 0.4) is 0 Å². The molecule has 0 spiro atoms. The summed E-state index contributed by atoms with van der Waals surface area (Å²) in [4.78, 5) is 26.8. The summed E-state index contributed by atoms with van der Waals surface area (Å²) in [6.45, 7) is 2.23. The van der Waals surface area contributed by atoms with Gasteiger partial charge in [-0.2, -0.15) is 5.10 Å². The third kappa shape index (κ3) is 6.73. The van der Waals surface area contributed by atoms with Crippen molar-refractivity contribution in [2.24, 2.45) is 7.05 Å². The summed E-state index contributed by atoms with van der Waals surface area (Å²) in [7, 11) is 8.17. The first-order valence-corrected chi connectivity index (χ1v) is 10.9. The van der Waals surface area contributed by atoms with E-state index in [0.717, 1.165) is 0 Å². The van der Waals surface area contributed by atoms with Crippen LogP contribution in [0.25, 0.3) is 0 Å². The van der Waals surface area contributed by atoms with Crippen LogP contribution < -0.4 is 19.5 Å². The van der Waals surface area contributed by atoms with Crippen molar-refractivity contribution in [2.45, 2.75) is 13.0 Å². The van der Waals surface area contributed by atoms with E-state index in [1.165, 1.54) is 12.0 Å². The minimum atomic E-state index is -0.372. The largest absolute Gasteiger partial charge is 0.496 e. The number of amides is 2. The van der Waals surface area contributed by atoms with Crippen molar-refractivity contribution in [3.63, 3.8) is 0 Å². The number of carbonyl (C=O) groups is 2. The predicted molar refractivity (Wildman–Crippen MR) is 131 cm³/mol. The normalized spacial score (nSPS) is 11.5.